The highest BCUT2D eigenvalue weighted by Gasteiger charge is 2.04. The van der Waals surface area contributed by atoms with Crippen LogP contribution in [-0.2, 0) is 6.42 Å². The first kappa shape index (κ1) is 12.6. The molecule has 0 radical (unpaired) electrons. The first-order valence-electron chi connectivity index (χ1n) is 5.81. The van der Waals surface area contributed by atoms with Crippen LogP contribution < -0.4 is 0 Å². The summed E-state index contributed by atoms with van der Waals surface area (Å²) in [5.74, 6) is 0. The number of hydrogen-bond donors (Lipinski definition) is 0. The van der Waals surface area contributed by atoms with Crippen LogP contribution in [0, 0.1) is 0 Å². The number of rotatable bonds is 6. The molecule has 0 fully saturated rings. The van der Waals surface area contributed by atoms with E-state index in [4.69, 9.17) is 11.6 Å². The fraction of sp³-hybridized carbons (Fsp3) is 0.750. The third-order valence-electron chi connectivity index (χ3n) is 2.59. The van der Waals surface area contributed by atoms with Crippen LogP contribution in [0.5, 0.6) is 0 Å². The second-order valence-electron chi connectivity index (χ2n) is 4.28. The quantitative estimate of drug-likeness (QED) is 0.678. The van der Waals surface area contributed by atoms with Crippen molar-refractivity contribution < 1.29 is 0 Å². The molecule has 0 spiro atoms. The van der Waals surface area contributed by atoms with Gasteiger partial charge in [0, 0.05) is 17.6 Å². The van der Waals surface area contributed by atoms with Gasteiger partial charge in [0.05, 0.1) is 5.69 Å². The van der Waals surface area contributed by atoms with Gasteiger partial charge in [-0.05, 0) is 45.6 Å². The molecule has 2 nitrogen and oxygen atoms in total. The van der Waals surface area contributed by atoms with Gasteiger partial charge in [-0.2, -0.15) is 5.10 Å². The normalized spacial score (nSPS) is 13.4. The van der Waals surface area contributed by atoms with E-state index in [2.05, 4.69) is 38.1 Å². The molecule has 0 saturated carbocycles. The Morgan fingerprint density at radius 3 is 2.73 bits per heavy atom. The fourth-order valence-electron chi connectivity index (χ4n) is 1.51. The van der Waals surface area contributed by atoms with Crippen LogP contribution in [0.2, 0.25) is 0 Å². The molecule has 0 aliphatic carbocycles. The molecule has 1 aromatic rings. The molecule has 0 amide bonds. The molecular formula is C12H21ClN2. The van der Waals surface area contributed by atoms with E-state index in [1.165, 1.54) is 5.69 Å². The van der Waals surface area contributed by atoms with Gasteiger partial charge in [-0.3, -0.25) is 4.68 Å². The summed E-state index contributed by atoms with van der Waals surface area (Å²) in [5, 5.41) is 4.84. The molecule has 0 aromatic carbocycles. The van der Waals surface area contributed by atoms with Crippen molar-refractivity contribution in [2.24, 2.45) is 0 Å². The van der Waals surface area contributed by atoms with Crippen molar-refractivity contribution >= 4 is 11.6 Å². The van der Waals surface area contributed by atoms with E-state index in [0.29, 0.717) is 11.4 Å². The van der Waals surface area contributed by atoms with Gasteiger partial charge in [-0.25, -0.2) is 0 Å². The minimum absolute atomic E-state index is 0.331. The lowest BCUT2D eigenvalue weighted by Gasteiger charge is -2.05. The highest BCUT2D eigenvalue weighted by molar-refractivity contribution is 6.20. The van der Waals surface area contributed by atoms with E-state index in [1.54, 1.807) is 0 Å². The molecule has 1 aromatic heterocycles. The van der Waals surface area contributed by atoms with Crippen LogP contribution in [0.4, 0.5) is 0 Å². The topological polar surface area (TPSA) is 17.8 Å². The molecule has 3 heteroatoms. The lowest BCUT2D eigenvalue weighted by Crippen LogP contribution is -2.02. The third kappa shape index (κ3) is 4.25. The zero-order valence-corrected chi connectivity index (χ0v) is 10.7. The van der Waals surface area contributed by atoms with Gasteiger partial charge in [0.25, 0.3) is 0 Å². The molecule has 1 atom stereocenters. The first-order valence-corrected chi connectivity index (χ1v) is 6.25. The molecule has 15 heavy (non-hydrogen) atoms. The summed E-state index contributed by atoms with van der Waals surface area (Å²) in [6, 6.07) is 2.56. The summed E-state index contributed by atoms with van der Waals surface area (Å²) in [5.41, 5.74) is 1.18. The van der Waals surface area contributed by atoms with Crippen LogP contribution in [-0.4, -0.2) is 15.2 Å². The van der Waals surface area contributed by atoms with Crippen molar-refractivity contribution in [3.05, 3.63) is 18.0 Å². The Morgan fingerprint density at radius 1 is 1.47 bits per heavy atom. The van der Waals surface area contributed by atoms with Gasteiger partial charge in [-0.1, -0.05) is 6.92 Å². The molecule has 0 aliphatic rings. The van der Waals surface area contributed by atoms with Crippen LogP contribution in [0.1, 0.15) is 51.8 Å². The number of hydrogen-bond acceptors (Lipinski definition) is 1. The van der Waals surface area contributed by atoms with E-state index in [1.807, 2.05) is 4.68 Å². The monoisotopic (exact) mass is 228 g/mol. The average Bonchev–Trinajstić information content (AvgIpc) is 2.66. The van der Waals surface area contributed by atoms with Gasteiger partial charge >= 0.3 is 0 Å². The molecule has 0 N–H and O–H groups in total. The van der Waals surface area contributed by atoms with E-state index in [-0.39, 0.29) is 0 Å². The van der Waals surface area contributed by atoms with Gasteiger partial charge in [0.1, 0.15) is 0 Å². The maximum atomic E-state index is 6.06. The van der Waals surface area contributed by atoms with E-state index >= 15 is 0 Å². The van der Waals surface area contributed by atoms with Crippen molar-refractivity contribution in [2.45, 2.75) is 57.9 Å². The van der Waals surface area contributed by atoms with E-state index < -0.39 is 0 Å². The van der Waals surface area contributed by atoms with Crippen LogP contribution >= 0.6 is 11.6 Å². The fourth-order valence-corrected chi connectivity index (χ4v) is 1.66. The zero-order chi connectivity index (χ0) is 11.3. The summed E-state index contributed by atoms with van der Waals surface area (Å²) in [6.45, 7) is 6.41. The van der Waals surface area contributed by atoms with Gasteiger partial charge in [0.2, 0.25) is 0 Å². The smallest absolute Gasteiger partial charge is 0.0624 e. The number of aromatic nitrogens is 2. The summed E-state index contributed by atoms with van der Waals surface area (Å²) in [7, 11) is 0. The Labute approximate surface area is 97.6 Å². The van der Waals surface area contributed by atoms with E-state index in [0.717, 1.165) is 25.7 Å². The first-order chi connectivity index (χ1) is 7.13. The second kappa shape index (κ2) is 6.16. The lowest BCUT2D eigenvalue weighted by atomic mass is 10.1. The molecule has 0 bridgehead atoms. The number of halogens is 1. The van der Waals surface area contributed by atoms with Crippen molar-refractivity contribution in [1.29, 1.82) is 0 Å². The zero-order valence-electron chi connectivity index (χ0n) is 9.91. The molecule has 0 saturated heterocycles. The molecule has 86 valence electrons. The second-order valence-corrected chi connectivity index (χ2v) is 4.90. The van der Waals surface area contributed by atoms with Crippen molar-refractivity contribution in [1.82, 2.24) is 9.78 Å². The third-order valence-corrected chi connectivity index (χ3v) is 3.11. The molecular weight excluding hydrogens is 208 g/mol. The summed E-state index contributed by atoms with van der Waals surface area (Å²) >= 11 is 6.06. The molecule has 1 unspecified atom stereocenters. The minimum atomic E-state index is 0.331. The number of aryl methyl sites for hydroxylation is 1. The Balaban J connectivity index is 2.31. The van der Waals surface area contributed by atoms with Crippen LogP contribution in [0.15, 0.2) is 12.3 Å². The van der Waals surface area contributed by atoms with Crippen molar-refractivity contribution in [2.75, 3.05) is 0 Å². The standard InChI is InChI=1S/C12H21ClN2/c1-4-11(13)6-5-7-12-8-9-15(14-12)10(2)3/h8-11H,4-7H2,1-3H3. The molecule has 0 aliphatic heterocycles. The molecule has 1 rings (SSSR count). The minimum Gasteiger partial charge on any atom is -0.270 e. The van der Waals surface area contributed by atoms with Crippen molar-refractivity contribution in [3.63, 3.8) is 0 Å². The summed E-state index contributed by atoms with van der Waals surface area (Å²) < 4.78 is 2.01. The number of nitrogens with zero attached hydrogens (tertiary/aromatic N) is 2. The lowest BCUT2D eigenvalue weighted by molar-refractivity contribution is 0.524. The Morgan fingerprint density at radius 2 is 2.20 bits per heavy atom. The Kier molecular flexibility index (Phi) is 5.16. The predicted octanol–water partition coefficient (Wildman–Crippen LogP) is 3.80. The summed E-state index contributed by atoms with van der Waals surface area (Å²) in [6.07, 6.45) is 6.38. The highest BCUT2D eigenvalue weighted by Crippen LogP contribution is 2.12. The largest absolute Gasteiger partial charge is 0.270 e. The van der Waals surface area contributed by atoms with E-state index in [9.17, 15) is 0 Å². The Bertz CT molecular complexity index is 281. The maximum absolute atomic E-state index is 6.06. The molecule has 1 heterocycles. The van der Waals surface area contributed by atoms with Crippen LogP contribution in [0.3, 0.4) is 0 Å². The maximum Gasteiger partial charge on any atom is 0.0624 e. The van der Waals surface area contributed by atoms with Gasteiger partial charge in [-0.15, -0.1) is 11.6 Å². The van der Waals surface area contributed by atoms with Gasteiger partial charge < -0.3 is 0 Å². The predicted molar refractivity (Wildman–Crippen MR) is 65.5 cm³/mol. The van der Waals surface area contributed by atoms with Crippen LogP contribution in [0.25, 0.3) is 0 Å². The van der Waals surface area contributed by atoms with Crippen molar-refractivity contribution in [3.8, 4) is 0 Å². The van der Waals surface area contributed by atoms with Gasteiger partial charge in [0.15, 0.2) is 0 Å². The average molecular weight is 229 g/mol. The number of alkyl halides is 1. The highest BCUT2D eigenvalue weighted by atomic mass is 35.5. The summed E-state index contributed by atoms with van der Waals surface area (Å²) in [4.78, 5) is 0. The Hall–Kier alpha value is -0.500. The SMILES string of the molecule is CCC(Cl)CCCc1ccn(C(C)C)n1.